The SMILES string of the molecule is NC(Cc1csc2ccccc12)c1ccc(F)c(Br)c1. The molecule has 0 aliphatic heterocycles. The van der Waals surface area contributed by atoms with Gasteiger partial charge in [0.2, 0.25) is 0 Å². The van der Waals surface area contributed by atoms with Gasteiger partial charge in [0.05, 0.1) is 4.47 Å². The molecule has 0 radical (unpaired) electrons. The van der Waals surface area contributed by atoms with E-state index in [4.69, 9.17) is 5.73 Å². The van der Waals surface area contributed by atoms with Crippen LogP contribution in [0.25, 0.3) is 10.1 Å². The molecule has 0 spiro atoms. The molecule has 2 aromatic carbocycles. The quantitative estimate of drug-likeness (QED) is 0.703. The highest BCUT2D eigenvalue weighted by atomic mass is 79.9. The fourth-order valence-corrected chi connectivity index (χ4v) is 3.66. The summed E-state index contributed by atoms with van der Waals surface area (Å²) < 4.78 is 15.0. The van der Waals surface area contributed by atoms with Crippen molar-refractivity contribution in [2.24, 2.45) is 5.73 Å². The van der Waals surface area contributed by atoms with Gasteiger partial charge in [0.25, 0.3) is 0 Å². The first-order valence-corrected chi connectivity index (χ1v) is 7.98. The van der Waals surface area contributed by atoms with E-state index in [1.54, 1.807) is 23.5 Å². The lowest BCUT2D eigenvalue weighted by Crippen LogP contribution is -2.13. The molecule has 0 aliphatic carbocycles. The fourth-order valence-electron chi connectivity index (χ4n) is 2.29. The Morgan fingerprint density at radius 3 is 2.80 bits per heavy atom. The fraction of sp³-hybridized carbons (Fsp3) is 0.125. The summed E-state index contributed by atoms with van der Waals surface area (Å²) in [6, 6.07) is 13.1. The maximum Gasteiger partial charge on any atom is 0.137 e. The Bertz CT molecular complexity index is 753. The molecule has 0 aliphatic rings. The van der Waals surface area contributed by atoms with E-state index in [2.05, 4.69) is 33.4 Å². The van der Waals surface area contributed by atoms with Gasteiger partial charge in [-0.1, -0.05) is 24.3 Å². The normalized spacial score (nSPS) is 12.8. The Labute approximate surface area is 129 Å². The van der Waals surface area contributed by atoms with E-state index >= 15 is 0 Å². The number of thiophene rings is 1. The molecule has 0 saturated heterocycles. The summed E-state index contributed by atoms with van der Waals surface area (Å²) in [7, 11) is 0. The number of halogens is 2. The third-order valence-corrected chi connectivity index (χ3v) is 4.99. The van der Waals surface area contributed by atoms with Crippen LogP contribution in [-0.4, -0.2) is 0 Å². The van der Waals surface area contributed by atoms with Gasteiger partial charge in [-0.25, -0.2) is 4.39 Å². The molecule has 0 saturated carbocycles. The van der Waals surface area contributed by atoms with E-state index in [0.29, 0.717) is 4.47 Å². The van der Waals surface area contributed by atoms with Gasteiger partial charge in [-0.3, -0.25) is 0 Å². The number of hydrogen-bond donors (Lipinski definition) is 1. The van der Waals surface area contributed by atoms with Gasteiger partial charge in [-0.05, 0) is 62.4 Å². The van der Waals surface area contributed by atoms with E-state index in [1.807, 2.05) is 12.1 Å². The van der Waals surface area contributed by atoms with Crippen LogP contribution in [0.4, 0.5) is 4.39 Å². The zero-order valence-corrected chi connectivity index (χ0v) is 13.0. The van der Waals surface area contributed by atoms with Gasteiger partial charge in [-0.15, -0.1) is 11.3 Å². The van der Waals surface area contributed by atoms with Crippen molar-refractivity contribution in [2.75, 3.05) is 0 Å². The molecule has 20 heavy (non-hydrogen) atoms. The van der Waals surface area contributed by atoms with E-state index in [0.717, 1.165) is 12.0 Å². The Morgan fingerprint density at radius 1 is 1.20 bits per heavy atom. The number of benzene rings is 2. The zero-order chi connectivity index (χ0) is 14.1. The van der Waals surface area contributed by atoms with Crippen LogP contribution in [0.3, 0.4) is 0 Å². The summed E-state index contributed by atoms with van der Waals surface area (Å²) in [5, 5.41) is 3.41. The van der Waals surface area contributed by atoms with E-state index < -0.39 is 0 Å². The molecule has 1 heterocycles. The Hall–Kier alpha value is -1.23. The Balaban J connectivity index is 1.88. The van der Waals surface area contributed by atoms with Crippen molar-refractivity contribution >= 4 is 37.4 Å². The number of nitrogens with two attached hydrogens (primary N) is 1. The summed E-state index contributed by atoms with van der Waals surface area (Å²) in [5.74, 6) is -0.262. The van der Waals surface area contributed by atoms with Crippen molar-refractivity contribution in [1.82, 2.24) is 0 Å². The molecule has 2 N–H and O–H groups in total. The highest BCUT2D eigenvalue weighted by Gasteiger charge is 2.12. The molecule has 3 rings (SSSR count). The Morgan fingerprint density at radius 2 is 2.00 bits per heavy atom. The van der Waals surface area contributed by atoms with Gasteiger partial charge < -0.3 is 5.73 Å². The first kappa shape index (κ1) is 13.7. The van der Waals surface area contributed by atoms with Gasteiger partial charge >= 0.3 is 0 Å². The molecule has 0 amide bonds. The first-order chi connectivity index (χ1) is 9.65. The standard InChI is InChI=1S/C16H13BrFNS/c17-13-7-10(5-6-14(13)18)15(19)8-11-9-20-16-4-2-1-3-12(11)16/h1-7,9,15H,8,19H2. The number of hydrogen-bond acceptors (Lipinski definition) is 2. The van der Waals surface area contributed by atoms with Gasteiger partial charge in [0.1, 0.15) is 5.82 Å². The van der Waals surface area contributed by atoms with Crippen LogP contribution in [0.5, 0.6) is 0 Å². The van der Waals surface area contributed by atoms with Crippen LogP contribution in [0.2, 0.25) is 0 Å². The van der Waals surface area contributed by atoms with Crippen molar-refractivity contribution in [1.29, 1.82) is 0 Å². The molecular weight excluding hydrogens is 337 g/mol. The molecular formula is C16H13BrFNS. The number of rotatable bonds is 3. The van der Waals surface area contributed by atoms with Crippen LogP contribution >= 0.6 is 27.3 Å². The van der Waals surface area contributed by atoms with E-state index in [-0.39, 0.29) is 11.9 Å². The first-order valence-electron chi connectivity index (χ1n) is 6.31. The van der Waals surface area contributed by atoms with Gasteiger partial charge in [0, 0.05) is 10.7 Å². The smallest absolute Gasteiger partial charge is 0.137 e. The average Bonchev–Trinajstić information content (AvgIpc) is 2.85. The Kier molecular flexibility index (Phi) is 3.87. The molecule has 4 heteroatoms. The predicted octanol–water partition coefficient (Wildman–Crippen LogP) is 5.05. The van der Waals surface area contributed by atoms with Crippen molar-refractivity contribution in [3.05, 3.63) is 69.3 Å². The monoisotopic (exact) mass is 349 g/mol. The van der Waals surface area contributed by atoms with E-state index in [9.17, 15) is 4.39 Å². The minimum Gasteiger partial charge on any atom is -0.324 e. The van der Waals surface area contributed by atoms with Crippen LogP contribution in [0.1, 0.15) is 17.2 Å². The summed E-state index contributed by atoms with van der Waals surface area (Å²) in [6.07, 6.45) is 0.752. The third kappa shape index (κ3) is 2.64. The average molecular weight is 350 g/mol. The topological polar surface area (TPSA) is 26.0 Å². The third-order valence-electron chi connectivity index (χ3n) is 3.37. The van der Waals surface area contributed by atoms with Crippen molar-refractivity contribution < 1.29 is 4.39 Å². The second-order valence-corrected chi connectivity index (χ2v) is 6.51. The minimum absolute atomic E-state index is 0.134. The number of fused-ring (bicyclic) bond motifs is 1. The summed E-state index contributed by atoms with van der Waals surface area (Å²) in [6.45, 7) is 0. The maximum atomic E-state index is 13.3. The summed E-state index contributed by atoms with van der Waals surface area (Å²) >= 11 is 4.94. The van der Waals surface area contributed by atoms with Gasteiger partial charge in [-0.2, -0.15) is 0 Å². The van der Waals surface area contributed by atoms with E-state index in [1.165, 1.54) is 21.7 Å². The van der Waals surface area contributed by atoms with Crippen molar-refractivity contribution in [2.45, 2.75) is 12.5 Å². The maximum absolute atomic E-state index is 13.3. The summed E-state index contributed by atoms with van der Waals surface area (Å²) in [5.41, 5.74) is 8.44. The lowest BCUT2D eigenvalue weighted by molar-refractivity contribution is 0.617. The molecule has 3 aromatic rings. The molecule has 0 bridgehead atoms. The van der Waals surface area contributed by atoms with Crippen LogP contribution in [-0.2, 0) is 6.42 Å². The minimum atomic E-state index is -0.262. The molecule has 0 fully saturated rings. The van der Waals surface area contributed by atoms with Crippen LogP contribution in [0.15, 0.2) is 52.3 Å². The zero-order valence-electron chi connectivity index (χ0n) is 10.6. The molecule has 1 aromatic heterocycles. The largest absolute Gasteiger partial charge is 0.324 e. The summed E-state index contributed by atoms with van der Waals surface area (Å²) in [4.78, 5) is 0. The predicted molar refractivity (Wildman–Crippen MR) is 86.6 cm³/mol. The van der Waals surface area contributed by atoms with Crippen LogP contribution in [0, 0.1) is 5.82 Å². The van der Waals surface area contributed by atoms with Crippen molar-refractivity contribution in [3.8, 4) is 0 Å². The highest BCUT2D eigenvalue weighted by Crippen LogP contribution is 2.29. The lowest BCUT2D eigenvalue weighted by Gasteiger charge is -2.12. The molecule has 1 nitrogen and oxygen atoms in total. The highest BCUT2D eigenvalue weighted by molar-refractivity contribution is 9.10. The van der Waals surface area contributed by atoms with Crippen molar-refractivity contribution in [3.63, 3.8) is 0 Å². The van der Waals surface area contributed by atoms with Gasteiger partial charge in [0.15, 0.2) is 0 Å². The molecule has 1 atom stereocenters. The lowest BCUT2D eigenvalue weighted by atomic mass is 9.99. The molecule has 102 valence electrons. The molecule has 1 unspecified atom stereocenters. The van der Waals surface area contributed by atoms with Crippen LogP contribution < -0.4 is 5.73 Å². The second-order valence-electron chi connectivity index (χ2n) is 4.74. The second kappa shape index (κ2) is 5.64.